The Labute approximate surface area is 170 Å². The first-order chi connectivity index (χ1) is 13.8. The van der Waals surface area contributed by atoms with Gasteiger partial charge in [-0.1, -0.05) is 0 Å². The van der Waals surface area contributed by atoms with Crippen molar-refractivity contribution in [3.63, 3.8) is 0 Å². The Bertz CT molecular complexity index is 1190. The smallest absolute Gasteiger partial charge is 0.338 e. The van der Waals surface area contributed by atoms with Gasteiger partial charge >= 0.3 is 5.97 Å². The van der Waals surface area contributed by atoms with E-state index in [9.17, 15) is 14.4 Å². The van der Waals surface area contributed by atoms with Gasteiger partial charge in [-0.3, -0.25) is 9.59 Å². The van der Waals surface area contributed by atoms with E-state index in [1.54, 1.807) is 25.1 Å². The average Bonchev–Trinajstić information content (AvgIpc) is 2.96. The highest BCUT2D eigenvalue weighted by Gasteiger charge is 2.19. The molecule has 29 heavy (non-hydrogen) atoms. The van der Waals surface area contributed by atoms with Crippen LogP contribution in [0.4, 0.5) is 5.69 Å². The maximum absolute atomic E-state index is 12.4. The quantitative estimate of drug-likeness (QED) is 0.621. The van der Waals surface area contributed by atoms with Gasteiger partial charge in [0.2, 0.25) is 5.91 Å². The van der Waals surface area contributed by atoms with E-state index >= 15 is 0 Å². The van der Waals surface area contributed by atoms with Gasteiger partial charge in [0.15, 0.2) is 11.9 Å². The lowest BCUT2D eigenvalue weighted by Crippen LogP contribution is -2.17. The third kappa shape index (κ3) is 4.33. The normalized spacial score (nSPS) is 11.7. The van der Waals surface area contributed by atoms with Crippen LogP contribution in [0.2, 0.25) is 0 Å². The van der Waals surface area contributed by atoms with Crippen LogP contribution in [0.25, 0.3) is 10.2 Å². The molecule has 3 rings (SSSR count). The molecule has 1 aromatic carbocycles. The Morgan fingerprint density at radius 2 is 2.00 bits per heavy atom. The summed E-state index contributed by atoms with van der Waals surface area (Å²) in [5.74, 6) is -0.743. The molecule has 8 nitrogen and oxygen atoms in total. The lowest BCUT2D eigenvalue weighted by molar-refractivity contribution is -0.115. The standard InChI is InChI=1S/C20H18N4O4S/c1-10-12(3)29-19-16(10)18(26)23-17(24-19)11(2)28-20(27)13-4-6-14(7-5-13)22-15(25)8-9-21/h4-7,11H,8H2,1-3H3,(H,22,25)(H,23,24,26)/t11-/m0/s1. The van der Waals surface area contributed by atoms with Crippen molar-refractivity contribution in [1.29, 1.82) is 5.26 Å². The fourth-order valence-electron chi connectivity index (χ4n) is 2.71. The van der Waals surface area contributed by atoms with Crippen molar-refractivity contribution in [2.45, 2.75) is 33.3 Å². The lowest BCUT2D eigenvalue weighted by atomic mass is 10.2. The van der Waals surface area contributed by atoms with Gasteiger partial charge in [0.05, 0.1) is 17.0 Å². The molecule has 0 saturated heterocycles. The Balaban J connectivity index is 1.74. The predicted molar refractivity (Wildman–Crippen MR) is 109 cm³/mol. The van der Waals surface area contributed by atoms with Crippen molar-refractivity contribution in [3.8, 4) is 6.07 Å². The zero-order valence-corrected chi connectivity index (χ0v) is 16.8. The van der Waals surface area contributed by atoms with Crippen LogP contribution in [0, 0.1) is 25.2 Å². The van der Waals surface area contributed by atoms with Crippen molar-refractivity contribution >= 4 is 39.1 Å². The van der Waals surface area contributed by atoms with Gasteiger partial charge in [0.25, 0.3) is 5.56 Å². The number of ether oxygens (including phenoxy) is 1. The maximum Gasteiger partial charge on any atom is 0.338 e. The number of aryl methyl sites for hydroxylation is 2. The monoisotopic (exact) mass is 410 g/mol. The van der Waals surface area contributed by atoms with Gasteiger partial charge in [-0.05, 0) is 50.6 Å². The molecule has 3 aromatic rings. The predicted octanol–water partition coefficient (Wildman–Crippen LogP) is 3.37. The van der Waals surface area contributed by atoms with Gasteiger partial charge in [0, 0.05) is 10.6 Å². The number of fused-ring (bicyclic) bond motifs is 1. The third-order valence-corrected chi connectivity index (χ3v) is 5.47. The van der Waals surface area contributed by atoms with Crippen LogP contribution < -0.4 is 10.9 Å². The number of carbonyl (C=O) groups is 2. The summed E-state index contributed by atoms with van der Waals surface area (Å²) in [5.41, 5.74) is 1.39. The number of carbonyl (C=O) groups excluding carboxylic acids is 2. The van der Waals surface area contributed by atoms with Crippen molar-refractivity contribution in [2.24, 2.45) is 0 Å². The number of nitriles is 1. The number of H-pyrrole nitrogens is 1. The molecule has 0 fully saturated rings. The minimum atomic E-state index is -0.752. The first-order valence-corrected chi connectivity index (χ1v) is 9.59. The van der Waals surface area contributed by atoms with E-state index in [4.69, 9.17) is 10.00 Å². The number of rotatable bonds is 5. The number of anilines is 1. The lowest BCUT2D eigenvalue weighted by Gasteiger charge is -2.13. The largest absolute Gasteiger partial charge is 0.451 e. The van der Waals surface area contributed by atoms with Crippen LogP contribution in [0.5, 0.6) is 0 Å². The molecule has 0 unspecified atom stereocenters. The van der Waals surface area contributed by atoms with Gasteiger partial charge in [-0.2, -0.15) is 5.26 Å². The summed E-state index contributed by atoms with van der Waals surface area (Å²) < 4.78 is 5.43. The van der Waals surface area contributed by atoms with Crippen LogP contribution in [0.3, 0.4) is 0 Å². The zero-order valence-electron chi connectivity index (χ0n) is 16.0. The number of benzene rings is 1. The Hall–Kier alpha value is -3.51. The minimum Gasteiger partial charge on any atom is -0.451 e. The highest BCUT2D eigenvalue weighted by atomic mass is 32.1. The average molecular weight is 410 g/mol. The molecular weight excluding hydrogens is 392 g/mol. The van der Waals surface area contributed by atoms with E-state index in [1.165, 1.54) is 23.5 Å². The van der Waals surface area contributed by atoms with E-state index in [0.717, 1.165) is 10.4 Å². The molecule has 2 N–H and O–H groups in total. The fourth-order valence-corrected chi connectivity index (χ4v) is 3.75. The molecule has 9 heteroatoms. The fraction of sp³-hybridized carbons (Fsp3) is 0.250. The molecule has 1 amide bonds. The summed E-state index contributed by atoms with van der Waals surface area (Å²) in [5, 5.41) is 11.6. The molecule has 2 aromatic heterocycles. The molecule has 0 radical (unpaired) electrons. The summed E-state index contributed by atoms with van der Waals surface area (Å²) in [7, 11) is 0. The Morgan fingerprint density at radius 3 is 2.66 bits per heavy atom. The molecule has 1 atom stereocenters. The first-order valence-electron chi connectivity index (χ1n) is 8.78. The van der Waals surface area contributed by atoms with Crippen molar-refractivity contribution in [1.82, 2.24) is 9.97 Å². The molecule has 0 spiro atoms. The second kappa shape index (κ2) is 8.24. The van der Waals surface area contributed by atoms with Gasteiger partial charge in [0.1, 0.15) is 11.3 Å². The summed E-state index contributed by atoms with van der Waals surface area (Å²) in [4.78, 5) is 45.0. The van der Waals surface area contributed by atoms with E-state index in [2.05, 4.69) is 15.3 Å². The van der Waals surface area contributed by atoms with Crippen molar-refractivity contribution < 1.29 is 14.3 Å². The second-order valence-corrected chi connectivity index (χ2v) is 7.63. The number of nitrogens with zero attached hydrogens (tertiary/aromatic N) is 2. The number of aromatic amines is 1. The summed E-state index contributed by atoms with van der Waals surface area (Å²) in [6.45, 7) is 5.43. The number of amides is 1. The molecule has 148 valence electrons. The van der Waals surface area contributed by atoms with Crippen LogP contribution in [0.15, 0.2) is 29.1 Å². The molecule has 0 aliphatic heterocycles. The number of thiophene rings is 1. The minimum absolute atomic E-state index is 0.250. The molecule has 0 bridgehead atoms. The summed E-state index contributed by atoms with van der Waals surface area (Å²) in [6, 6.07) is 7.85. The summed E-state index contributed by atoms with van der Waals surface area (Å²) in [6.07, 6.45) is -1.00. The second-order valence-electron chi connectivity index (χ2n) is 6.42. The number of esters is 1. The van der Waals surface area contributed by atoms with Crippen LogP contribution >= 0.6 is 11.3 Å². The van der Waals surface area contributed by atoms with Gasteiger partial charge < -0.3 is 15.0 Å². The Kier molecular flexibility index (Phi) is 5.75. The van der Waals surface area contributed by atoms with Gasteiger partial charge in [-0.25, -0.2) is 9.78 Å². The highest BCUT2D eigenvalue weighted by molar-refractivity contribution is 7.18. The maximum atomic E-state index is 12.4. The first kappa shape index (κ1) is 20.2. The van der Waals surface area contributed by atoms with E-state index in [-0.39, 0.29) is 23.4 Å². The van der Waals surface area contributed by atoms with E-state index in [0.29, 0.717) is 15.9 Å². The Morgan fingerprint density at radius 1 is 1.31 bits per heavy atom. The van der Waals surface area contributed by atoms with E-state index < -0.39 is 18.0 Å². The zero-order chi connectivity index (χ0) is 21.1. The highest BCUT2D eigenvalue weighted by Crippen LogP contribution is 2.27. The van der Waals surface area contributed by atoms with Gasteiger partial charge in [-0.15, -0.1) is 11.3 Å². The van der Waals surface area contributed by atoms with Crippen molar-refractivity contribution in [3.05, 3.63) is 56.4 Å². The topological polar surface area (TPSA) is 125 Å². The molecular formula is C20H18N4O4S. The SMILES string of the molecule is Cc1sc2nc([C@H](C)OC(=O)c3ccc(NC(=O)CC#N)cc3)[nH]c(=O)c2c1C. The number of hydrogen-bond donors (Lipinski definition) is 2. The van der Waals surface area contributed by atoms with Crippen molar-refractivity contribution in [2.75, 3.05) is 5.32 Å². The molecule has 0 saturated carbocycles. The number of hydrogen-bond acceptors (Lipinski definition) is 7. The molecule has 0 aliphatic rings. The molecule has 0 aliphatic carbocycles. The summed E-state index contributed by atoms with van der Waals surface area (Å²) >= 11 is 1.42. The third-order valence-electron chi connectivity index (χ3n) is 4.37. The number of aromatic nitrogens is 2. The van der Waals surface area contributed by atoms with E-state index in [1.807, 2.05) is 13.8 Å². The van der Waals surface area contributed by atoms with Crippen LogP contribution in [-0.4, -0.2) is 21.8 Å². The van der Waals surface area contributed by atoms with Crippen LogP contribution in [-0.2, 0) is 9.53 Å². The number of nitrogens with one attached hydrogen (secondary N) is 2. The molecule has 2 heterocycles. The van der Waals surface area contributed by atoms with Crippen LogP contribution in [0.1, 0.15) is 46.1 Å².